The van der Waals surface area contributed by atoms with Crippen LogP contribution in [-0.2, 0) is 0 Å². The molecule has 1 rings (SSSR count). The van der Waals surface area contributed by atoms with E-state index in [0.717, 1.165) is 0 Å². The van der Waals surface area contributed by atoms with E-state index in [1.54, 1.807) is 0 Å². The van der Waals surface area contributed by atoms with Crippen LogP contribution in [0, 0.1) is 0 Å². The summed E-state index contributed by atoms with van der Waals surface area (Å²) in [7, 11) is 0. The van der Waals surface area contributed by atoms with Gasteiger partial charge in [-0.05, 0) is 12.7 Å². The average Bonchev–Trinajstić information content (AvgIpc) is 1.99. The number of hydrogen-bond acceptors (Lipinski definition) is 2. The van der Waals surface area contributed by atoms with Crippen molar-refractivity contribution in [2.75, 3.05) is 13.1 Å². The van der Waals surface area contributed by atoms with E-state index in [1.165, 1.54) is 0 Å². The highest BCUT2D eigenvalue weighted by molar-refractivity contribution is 5.64. The first kappa shape index (κ1) is 3.09. The molecule has 1 aliphatic heterocycles. The van der Waals surface area contributed by atoms with Crippen LogP contribution < -0.4 is 0 Å². The van der Waals surface area contributed by atoms with Crippen LogP contribution in [0.3, 0.4) is 0 Å². The fourth-order valence-electron chi connectivity index (χ4n) is 0.594. The monoisotopic (exact) mass is 150 g/mol. The van der Waals surface area contributed by atoms with Gasteiger partial charge in [-0.1, -0.05) is 0 Å². The number of amides is 1. The fraction of sp³-hybridized carbons (Fsp3) is 0.833. The minimum absolute atomic E-state index is 0.517. The van der Waals surface area contributed by atoms with Crippen LogP contribution in [0.4, 0.5) is 4.79 Å². The molecule has 0 aliphatic carbocycles. The molecule has 0 aromatic heterocycles. The Bertz CT molecular complexity index is 272. The first-order valence-electron chi connectivity index (χ1n) is 5.21. The molecule has 0 aromatic carbocycles. The van der Waals surface area contributed by atoms with Crippen molar-refractivity contribution in [1.29, 1.82) is 0 Å². The predicted molar refractivity (Wildman–Crippen MR) is 34.8 cm³/mol. The first-order chi connectivity index (χ1) is 6.51. The Morgan fingerprint density at radius 3 is 2.60 bits per heavy atom. The smallest absolute Gasteiger partial charge is 0.407 e. The topological polar surface area (TPSA) is 60.8 Å². The quantitative estimate of drug-likeness (QED) is 0.515. The number of piperidine rings is 1. The molecule has 0 spiro atoms. The highest BCUT2D eigenvalue weighted by Crippen LogP contribution is 2.08. The second-order valence-electron chi connectivity index (χ2n) is 1.84. The van der Waals surface area contributed by atoms with E-state index in [0.29, 0.717) is 4.90 Å². The van der Waals surface area contributed by atoms with E-state index >= 15 is 0 Å². The number of carboxylic acid groups (broad SMARTS) is 1. The minimum atomic E-state index is -2.95. The van der Waals surface area contributed by atoms with Gasteiger partial charge in [0.2, 0.25) is 0 Å². The van der Waals surface area contributed by atoms with Gasteiger partial charge in [0.1, 0.15) is 0 Å². The summed E-state index contributed by atoms with van der Waals surface area (Å²) in [6.07, 6.45) is -9.72. The van der Waals surface area contributed by atoms with Gasteiger partial charge in [-0.3, -0.25) is 0 Å². The summed E-state index contributed by atoms with van der Waals surface area (Å²) in [6, 6.07) is 0. The summed E-state index contributed by atoms with van der Waals surface area (Å²) in [6.45, 7) is -1.44. The third kappa shape index (κ3) is 1.60. The van der Waals surface area contributed by atoms with Gasteiger partial charge in [-0.2, -0.15) is 0 Å². The molecule has 58 valence electrons. The van der Waals surface area contributed by atoms with E-state index < -0.39 is 38.0 Å². The molecule has 4 nitrogen and oxygen atoms in total. The molecular weight excluding hydrogens is 134 g/mol. The van der Waals surface area contributed by atoms with Gasteiger partial charge < -0.3 is 15.1 Å². The van der Waals surface area contributed by atoms with Gasteiger partial charge >= 0.3 is 6.09 Å². The van der Waals surface area contributed by atoms with Gasteiger partial charge in [-0.25, -0.2) is 4.79 Å². The molecule has 0 bridgehead atoms. The predicted octanol–water partition coefficient (Wildman–Crippen LogP) is 0.121. The Labute approximate surface area is 66.1 Å². The van der Waals surface area contributed by atoms with Crippen molar-refractivity contribution < 1.29 is 21.9 Å². The normalized spacial score (nSPS) is 41.7. The van der Waals surface area contributed by atoms with E-state index in [-0.39, 0.29) is 0 Å². The fourth-order valence-corrected chi connectivity index (χ4v) is 0.594. The SMILES string of the molecule is [2H]C1([2H])CN(C(=O)O)CC([2H])([2H])C1([2H])O. The maximum Gasteiger partial charge on any atom is 0.407 e. The molecular formula is C6H11NO3. The molecule has 1 aliphatic rings. The average molecular weight is 150 g/mol. The van der Waals surface area contributed by atoms with Crippen LogP contribution in [0.2, 0.25) is 0 Å². The van der Waals surface area contributed by atoms with Crippen molar-refractivity contribution in [2.24, 2.45) is 0 Å². The maximum absolute atomic E-state index is 10.6. The molecule has 0 aromatic rings. The summed E-state index contributed by atoms with van der Waals surface area (Å²) < 4.78 is 36.4. The number of nitrogens with zero attached hydrogens (tertiary/aromatic N) is 1. The zero-order chi connectivity index (χ0) is 12.1. The third-order valence-electron chi connectivity index (χ3n) is 1.15. The summed E-state index contributed by atoms with van der Waals surface area (Å²) in [5, 5.41) is 18.0. The Morgan fingerprint density at radius 1 is 1.70 bits per heavy atom. The highest BCUT2D eigenvalue weighted by Gasteiger charge is 2.19. The number of rotatable bonds is 0. The number of likely N-dealkylation sites (tertiary alicyclic amines) is 1. The maximum atomic E-state index is 10.6. The molecule has 0 saturated carbocycles. The molecule has 1 heterocycles. The summed E-state index contributed by atoms with van der Waals surface area (Å²) in [4.78, 5) is 11.1. The van der Waals surface area contributed by atoms with Crippen molar-refractivity contribution >= 4 is 6.09 Å². The highest BCUT2D eigenvalue weighted by atomic mass is 16.4. The molecule has 1 amide bonds. The van der Waals surface area contributed by atoms with Gasteiger partial charge in [0.05, 0.1) is 7.45 Å². The van der Waals surface area contributed by atoms with Crippen molar-refractivity contribution in [1.82, 2.24) is 4.90 Å². The third-order valence-corrected chi connectivity index (χ3v) is 1.15. The molecule has 10 heavy (non-hydrogen) atoms. The minimum Gasteiger partial charge on any atom is -0.465 e. The van der Waals surface area contributed by atoms with Gasteiger partial charge in [0.25, 0.3) is 0 Å². The van der Waals surface area contributed by atoms with E-state index in [2.05, 4.69) is 0 Å². The standard InChI is InChI=1S/C6H11NO3/c8-5-1-3-7(4-2-5)6(9)10/h5,8H,1-4H2,(H,9,10)/i1D2,2D2,5D. The van der Waals surface area contributed by atoms with Crippen molar-refractivity contribution in [3.8, 4) is 0 Å². The van der Waals surface area contributed by atoms with Crippen LogP contribution in [0.1, 0.15) is 19.6 Å². The number of hydrogen-bond donors (Lipinski definition) is 2. The zero-order valence-electron chi connectivity index (χ0n) is 10.2. The molecule has 1 fully saturated rings. The summed E-state index contributed by atoms with van der Waals surface area (Å²) >= 11 is 0. The van der Waals surface area contributed by atoms with Crippen LogP contribution in [-0.4, -0.2) is 40.4 Å². The first-order valence-corrected chi connectivity index (χ1v) is 2.71. The van der Waals surface area contributed by atoms with Crippen LogP contribution in [0.25, 0.3) is 0 Å². The Balaban J connectivity index is 3.07. The molecule has 1 saturated heterocycles. The van der Waals surface area contributed by atoms with Crippen LogP contribution in [0.5, 0.6) is 0 Å². The molecule has 2 N–H and O–H groups in total. The number of aliphatic hydroxyl groups is 1. The molecule has 0 atom stereocenters. The lowest BCUT2D eigenvalue weighted by atomic mass is 10.1. The lowest BCUT2D eigenvalue weighted by molar-refractivity contribution is 0.0769. The van der Waals surface area contributed by atoms with Crippen molar-refractivity contribution in [3.05, 3.63) is 0 Å². The van der Waals surface area contributed by atoms with Crippen molar-refractivity contribution in [2.45, 2.75) is 18.8 Å². The number of carbonyl (C=O) groups is 1. The van der Waals surface area contributed by atoms with Crippen LogP contribution >= 0.6 is 0 Å². The van der Waals surface area contributed by atoms with Crippen LogP contribution in [0.15, 0.2) is 0 Å². The van der Waals surface area contributed by atoms with Gasteiger partial charge in [-0.15, -0.1) is 0 Å². The van der Waals surface area contributed by atoms with Gasteiger partial charge in [0, 0.05) is 18.6 Å². The second-order valence-corrected chi connectivity index (χ2v) is 1.84. The molecule has 4 heteroatoms. The van der Waals surface area contributed by atoms with E-state index in [1.807, 2.05) is 0 Å². The zero-order valence-corrected chi connectivity index (χ0v) is 5.16. The Hall–Kier alpha value is -0.770. The summed E-state index contributed by atoms with van der Waals surface area (Å²) in [5.41, 5.74) is 0. The molecule has 0 radical (unpaired) electrons. The van der Waals surface area contributed by atoms with E-state index in [4.69, 9.17) is 12.0 Å². The molecule has 0 unspecified atom stereocenters. The van der Waals surface area contributed by atoms with Crippen molar-refractivity contribution in [3.63, 3.8) is 0 Å². The Morgan fingerprint density at radius 2 is 2.20 bits per heavy atom. The second kappa shape index (κ2) is 2.88. The van der Waals surface area contributed by atoms with E-state index in [9.17, 15) is 9.90 Å². The largest absolute Gasteiger partial charge is 0.465 e. The Kier molecular flexibility index (Phi) is 0.888. The summed E-state index contributed by atoms with van der Waals surface area (Å²) in [5.74, 6) is 0. The lowest BCUT2D eigenvalue weighted by Gasteiger charge is -2.26. The van der Waals surface area contributed by atoms with Gasteiger partial charge in [0.15, 0.2) is 0 Å². The lowest BCUT2D eigenvalue weighted by Crippen LogP contribution is -2.39.